The number of urea groups is 1. The fourth-order valence-corrected chi connectivity index (χ4v) is 2.21. The van der Waals surface area contributed by atoms with E-state index < -0.39 is 18.0 Å². The quantitative estimate of drug-likeness (QED) is 0.671. The number of amides is 4. The Kier molecular flexibility index (Phi) is 6.11. The van der Waals surface area contributed by atoms with E-state index in [9.17, 15) is 14.4 Å². The molecule has 2 aromatic carbocycles. The van der Waals surface area contributed by atoms with Crippen LogP contribution in [0.2, 0.25) is 0 Å². The number of imide groups is 1. The van der Waals surface area contributed by atoms with Gasteiger partial charge in [0.1, 0.15) is 6.04 Å². The molecule has 0 aliphatic heterocycles. The lowest BCUT2D eigenvalue weighted by molar-refractivity contribution is -0.121. The Labute approximate surface area is 145 Å². The molecule has 1 atom stereocenters. The third kappa shape index (κ3) is 5.35. The number of carbonyl (C=O) groups excluding carboxylic acids is 3. The summed E-state index contributed by atoms with van der Waals surface area (Å²) in [5, 5.41) is 10.4. The smallest absolute Gasteiger partial charge is 0.321 e. The predicted octanol–water partition coefficient (Wildman–Crippen LogP) is 2.25. The van der Waals surface area contributed by atoms with Crippen molar-refractivity contribution in [3.8, 4) is 0 Å². The minimum Gasteiger partial charge on any atom is -0.370 e. The standard InChI is InChI=1S/C18H20N4O3/c1-12(23)20-14-8-10-15(11-9-14)21-16(13-6-4-3-5-7-13)17(24)22-18(25)19-2/h3-11,16,21H,1-2H3,(H,20,23)(H2,19,22,24,25)/t16-/m0/s1. The second kappa shape index (κ2) is 8.49. The van der Waals surface area contributed by atoms with Crippen molar-refractivity contribution in [2.24, 2.45) is 0 Å². The van der Waals surface area contributed by atoms with Gasteiger partial charge in [0.05, 0.1) is 0 Å². The van der Waals surface area contributed by atoms with E-state index in [-0.39, 0.29) is 5.91 Å². The fourth-order valence-electron chi connectivity index (χ4n) is 2.21. The fraction of sp³-hybridized carbons (Fsp3) is 0.167. The van der Waals surface area contributed by atoms with Gasteiger partial charge >= 0.3 is 6.03 Å². The van der Waals surface area contributed by atoms with Crippen LogP contribution in [-0.2, 0) is 9.59 Å². The van der Waals surface area contributed by atoms with Gasteiger partial charge in [0, 0.05) is 25.3 Å². The highest BCUT2D eigenvalue weighted by Gasteiger charge is 2.22. The number of carbonyl (C=O) groups is 3. The molecule has 130 valence electrons. The summed E-state index contributed by atoms with van der Waals surface area (Å²) in [7, 11) is 1.44. The highest BCUT2D eigenvalue weighted by atomic mass is 16.2. The molecule has 0 aliphatic carbocycles. The van der Waals surface area contributed by atoms with E-state index in [4.69, 9.17) is 0 Å². The minimum atomic E-state index is -0.745. The van der Waals surface area contributed by atoms with Crippen molar-refractivity contribution in [2.75, 3.05) is 17.7 Å². The molecule has 0 radical (unpaired) electrons. The lowest BCUT2D eigenvalue weighted by atomic mass is 10.1. The summed E-state index contributed by atoms with van der Waals surface area (Å²) in [5.41, 5.74) is 2.05. The number of nitrogens with one attached hydrogen (secondary N) is 4. The van der Waals surface area contributed by atoms with Crippen LogP contribution in [-0.4, -0.2) is 24.9 Å². The van der Waals surface area contributed by atoms with Crippen LogP contribution in [0.4, 0.5) is 16.2 Å². The lowest BCUT2D eigenvalue weighted by Gasteiger charge is -2.19. The predicted molar refractivity (Wildman–Crippen MR) is 96.1 cm³/mol. The van der Waals surface area contributed by atoms with E-state index >= 15 is 0 Å². The molecule has 25 heavy (non-hydrogen) atoms. The van der Waals surface area contributed by atoms with Crippen LogP contribution in [0, 0.1) is 0 Å². The molecule has 0 saturated carbocycles. The molecule has 0 bridgehead atoms. The maximum Gasteiger partial charge on any atom is 0.321 e. The second-order valence-electron chi connectivity index (χ2n) is 5.31. The first kappa shape index (κ1) is 18.0. The largest absolute Gasteiger partial charge is 0.370 e. The highest BCUT2D eigenvalue weighted by Crippen LogP contribution is 2.21. The molecule has 2 aromatic rings. The lowest BCUT2D eigenvalue weighted by Crippen LogP contribution is -2.42. The summed E-state index contributed by atoms with van der Waals surface area (Å²) < 4.78 is 0. The molecule has 0 unspecified atom stereocenters. The van der Waals surface area contributed by atoms with Crippen LogP contribution in [0.3, 0.4) is 0 Å². The maximum absolute atomic E-state index is 12.4. The van der Waals surface area contributed by atoms with Crippen LogP contribution in [0.15, 0.2) is 54.6 Å². The Morgan fingerprint density at radius 1 is 0.880 bits per heavy atom. The number of hydrogen-bond donors (Lipinski definition) is 4. The van der Waals surface area contributed by atoms with Gasteiger partial charge in [-0.15, -0.1) is 0 Å². The van der Waals surface area contributed by atoms with Crippen LogP contribution < -0.4 is 21.3 Å². The first-order chi connectivity index (χ1) is 12.0. The van der Waals surface area contributed by atoms with E-state index in [1.54, 1.807) is 36.4 Å². The molecule has 0 aromatic heterocycles. The van der Waals surface area contributed by atoms with E-state index in [1.807, 2.05) is 18.2 Å². The first-order valence-corrected chi connectivity index (χ1v) is 7.71. The van der Waals surface area contributed by atoms with Gasteiger partial charge in [0.15, 0.2) is 0 Å². The molecule has 2 rings (SSSR count). The SMILES string of the molecule is CNC(=O)NC(=O)[C@@H](Nc1ccc(NC(C)=O)cc1)c1ccccc1. The van der Waals surface area contributed by atoms with Gasteiger partial charge in [-0.05, 0) is 29.8 Å². The summed E-state index contributed by atoms with van der Waals surface area (Å²) in [5.74, 6) is -0.635. The normalized spacial score (nSPS) is 11.1. The zero-order chi connectivity index (χ0) is 18.2. The summed E-state index contributed by atoms with van der Waals surface area (Å²) in [6.45, 7) is 1.43. The summed E-state index contributed by atoms with van der Waals surface area (Å²) in [6, 6.07) is 14.7. The molecule has 4 N–H and O–H groups in total. The van der Waals surface area contributed by atoms with Crippen molar-refractivity contribution < 1.29 is 14.4 Å². The van der Waals surface area contributed by atoms with Crippen molar-refractivity contribution in [2.45, 2.75) is 13.0 Å². The highest BCUT2D eigenvalue weighted by molar-refractivity contribution is 5.98. The topological polar surface area (TPSA) is 99.3 Å². The number of anilines is 2. The van der Waals surface area contributed by atoms with Crippen molar-refractivity contribution in [1.29, 1.82) is 0 Å². The van der Waals surface area contributed by atoms with Gasteiger partial charge in [0.2, 0.25) is 5.91 Å². The van der Waals surface area contributed by atoms with Gasteiger partial charge in [-0.3, -0.25) is 14.9 Å². The van der Waals surface area contributed by atoms with Crippen molar-refractivity contribution in [3.05, 3.63) is 60.2 Å². The maximum atomic E-state index is 12.4. The molecular weight excluding hydrogens is 320 g/mol. The third-order valence-electron chi connectivity index (χ3n) is 3.38. The third-order valence-corrected chi connectivity index (χ3v) is 3.38. The second-order valence-corrected chi connectivity index (χ2v) is 5.31. The van der Waals surface area contributed by atoms with Crippen LogP contribution in [0.1, 0.15) is 18.5 Å². The number of benzene rings is 2. The molecule has 0 saturated heterocycles. The van der Waals surface area contributed by atoms with Crippen molar-refractivity contribution in [3.63, 3.8) is 0 Å². The Morgan fingerprint density at radius 2 is 1.48 bits per heavy atom. The first-order valence-electron chi connectivity index (χ1n) is 7.71. The molecule has 4 amide bonds. The Morgan fingerprint density at radius 3 is 2.04 bits per heavy atom. The average molecular weight is 340 g/mol. The number of hydrogen-bond acceptors (Lipinski definition) is 4. The van der Waals surface area contributed by atoms with Crippen LogP contribution >= 0.6 is 0 Å². The average Bonchev–Trinajstić information content (AvgIpc) is 2.61. The molecule has 0 fully saturated rings. The zero-order valence-electron chi connectivity index (χ0n) is 14.0. The van der Waals surface area contributed by atoms with Gasteiger partial charge < -0.3 is 16.0 Å². The Balaban J connectivity index is 2.19. The molecule has 7 nitrogen and oxygen atoms in total. The van der Waals surface area contributed by atoms with Gasteiger partial charge in [-0.25, -0.2) is 4.79 Å². The Bertz CT molecular complexity index is 745. The summed E-state index contributed by atoms with van der Waals surface area (Å²) in [6.07, 6.45) is 0. The zero-order valence-corrected chi connectivity index (χ0v) is 14.0. The van der Waals surface area contributed by atoms with Gasteiger partial charge in [-0.1, -0.05) is 30.3 Å². The molecular formula is C18H20N4O3. The Hall–Kier alpha value is -3.35. The summed E-state index contributed by atoms with van der Waals surface area (Å²) >= 11 is 0. The minimum absolute atomic E-state index is 0.159. The number of rotatable bonds is 5. The van der Waals surface area contributed by atoms with Gasteiger partial charge in [-0.2, -0.15) is 0 Å². The summed E-state index contributed by atoms with van der Waals surface area (Å²) in [4.78, 5) is 34.9. The molecule has 7 heteroatoms. The van der Waals surface area contributed by atoms with E-state index in [0.717, 1.165) is 5.56 Å². The van der Waals surface area contributed by atoms with Crippen molar-refractivity contribution >= 4 is 29.2 Å². The van der Waals surface area contributed by atoms with E-state index in [0.29, 0.717) is 11.4 Å². The molecule has 0 aliphatic rings. The van der Waals surface area contributed by atoms with E-state index in [2.05, 4.69) is 21.3 Å². The monoisotopic (exact) mass is 340 g/mol. The van der Waals surface area contributed by atoms with Crippen LogP contribution in [0.5, 0.6) is 0 Å². The van der Waals surface area contributed by atoms with Crippen molar-refractivity contribution in [1.82, 2.24) is 10.6 Å². The van der Waals surface area contributed by atoms with Gasteiger partial charge in [0.25, 0.3) is 5.91 Å². The molecule has 0 spiro atoms. The van der Waals surface area contributed by atoms with E-state index in [1.165, 1.54) is 14.0 Å². The van der Waals surface area contributed by atoms with Crippen LogP contribution in [0.25, 0.3) is 0 Å². The molecule has 0 heterocycles.